The van der Waals surface area contributed by atoms with Crippen molar-refractivity contribution < 1.29 is 14.3 Å². The number of imidazole rings is 1. The van der Waals surface area contributed by atoms with Crippen molar-refractivity contribution in [3.05, 3.63) is 48.3 Å². The zero-order valence-corrected chi connectivity index (χ0v) is 15.2. The average Bonchev–Trinajstić information content (AvgIpc) is 3.32. The summed E-state index contributed by atoms with van der Waals surface area (Å²) in [6, 6.07) is 3.99. The van der Waals surface area contributed by atoms with Gasteiger partial charge in [0.15, 0.2) is 0 Å². The summed E-state index contributed by atoms with van der Waals surface area (Å²) in [6.45, 7) is 3.04. The fourth-order valence-corrected chi connectivity index (χ4v) is 3.75. The van der Waals surface area contributed by atoms with Crippen LogP contribution in [0.3, 0.4) is 0 Å². The summed E-state index contributed by atoms with van der Waals surface area (Å²) in [4.78, 5) is 36.2. The molecule has 142 valence electrons. The molecule has 0 spiro atoms. The molecule has 0 saturated carbocycles. The number of ether oxygens (including phenoxy) is 1. The third-order valence-corrected chi connectivity index (χ3v) is 5.16. The Morgan fingerprint density at radius 3 is 2.85 bits per heavy atom. The second kappa shape index (κ2) is 7.77. The molecule has 2 fully saturated rings. The zero-order chi connectivity index (χ0) is 18.6. The predicted octanol–water partition coefficient (Wildman–Crippen LogP) is 1.48. The topological polar surface area (TPSA) is 80.6 Å². The molecule has 2 amide bonds. The van der Waals surface area contributed by atoms with Crippen LogP contribution in [0.25, 0.3) is 0 Å². The van der Waals surface area contributed by atoms with E-state index in [1.807, 2.05) is 29.4 Å². The zero-order valence-electron chi connectivity index (χ0n) is 15.2. The van der Waals surface area contributed by atoms with Gasteiger partial charge in [0.2, 0.25) is 5.91 Å². The Kier molecular flexibility index (Phi) is 5.04. The molecule has 0 bridgehead atoms. The van der Waals surface area contributed by atoms with Gasteiger partial charge in [-0.15, -0.1) is 0 Å². The number of hydrogen-bond acceptors (Lipinski definition) is 5. The fourth-order valence-electron chi connectivity index (χ4n) is 3.75. The minimum atomic E-state index is -0.398. The Labute approximate surface area is 157 Å². The quantitative estimate of drug-likeness (QED) is 0.798. The van der Waals surface area contributed by atoms with Crippen molar-refractivity contribution in [2.75, 3.05) is 32.8 Å². The Morgan fingerprint density at radius 1 is 1.22 bits per heavy atom. The number of hydrogen-bond donors (Lipinski definition) is 0. The standard InChI is InChI=1S/C19H23N5O3/c25-17(14-24-10-11-27-19(24)26)22-8-1-2-16(13-22)18-21-7-9-23(18)12-15-3-5-20-6-4-15/h3-7,9,16H,1-2,8,10-14H2/t16-/m1/s1. The van der Waals surface area contributed by atoms with Crippen LogP contribution in [0.4, 0.5) is 4.79 Å². The van der Waals surface area contributed by atoms with E-state index >= 15 is 0 Å². The molecule has 2 saturated heterocycles. The second-order valence-electron chi connectivity index (χ2n) is 6.98. The monoisotopic (exact) mass is 369 g/mol. The number of carbonyl (C=O) groups is 2. The molecule has 0 N–H and O–H groups in total. The largest absolute Gasteiger partial charge is 0.448 e. The van der Waals surface area contributed by atoms with Crippen molar-refractivity contribution in [2.24, 2.45) is 0 Å². The SMILES string of the molecule is O=C(CN1CCOC1=O)N1CCC[C@@H](c2nccn2Cc2ccncc2)C1. The van der Waals surface area contributed by atoms with Crippen molar-refractivity contribution in [2.45, 2.75) is 25.3 Å². The lowest BCUT2D eigenvalue weighted by molar-refractivity contribution is -0.133. The smallest absolute Gasteiger partial charge is 0.410 e. The molecule has 27 heavy (non-hydrogen) atoms. The van der Waals surface area contributed by atoms with Crippen molar-refractivity contribution in [1.82, 2.24) is 24.3 Å². The second-order valence-corrected chi connectivity index (χ2v) is 6.98. The first-order valence-corrected chi connectivity index (χ1v) is 9.30. The van der Waals surface area contributed by atoms with Crippen LogP contribution < -0.4 is 0 Å². The summed E-state index contributed by atoms with van der Waals surface area (Å²) >= 11 is 0. The first-order chi connectivity index (χ1) is 13.2. The maximum atomic E-state index is 12.6. The van der Waals surface area contributed by atoms with Gasteiger partial charge in [-0.05, 0) is 30.5 Å². The van der Waals surface area contributed by atoms with Gasteiger partial charge < -0.3 is 14.2 Å². The Hall–Kier alpha value is -2.90. The van der Waals surface area contributed by atoms with E-state index < -0.39 is 6.09 Å². The Bertz CT molecular complexity index is 807. The normalized spacial score (nSPS) is 20.0. The maximum Gasteiger partial charge on any atom is 0.410 e. The number of pyridine rings is 1. The van der Waals surface area contributed by atoms with E-state index in [1.54, 1.807) is 12.4 Å². The van der Waals surface area contributed by atoms with Gasteiger partial charge in [-0.2, -0.15) is 0 Å². The van der Waals surface area contributed by atoms with E-state index in [0.717, 1.165) is 31.8 Å². The highest BCUT2D eigenvalue weighted by Crippen LogP contribution is 2.26. The summed E-state index contributed by atoms with van der Waals surface area (Å²) in [5.74, 6) is 1.18. The van der Waals surface area contributed by atoms with Crippen LogP contribution in [0.1, 0.15) is 30.1 Å². The molecular weight excluding hydrogens is 346 g/mol. The molecule has 1 atom stereocenters. The summed E-state index contributed by atoms with van der Waals surface area (Å²) in [7, 11) is 0. The molecule has 4 heterocycles. The molecular formula is C19H23N5O3. The average molecular weight is 369 g/mol. The molecule has 8 heteroatoms. The van der Waals surface area contributed by atoms with Crippen molar-refractivity contribution >= 4 is 12.0 Å². The van der Waals surface area contributed by atoms with Crippen LogP contribution in [0.2, 0.25) is 0 Å². The van der Waals surface area contributed by atoms with Gasteiger partial charge in [0.05, 0.1) is 6.54 Å². The van der Waals surface area contributed by atoms with E-state index in [1.165, 1.54) is 10.5 Å². The lowest BCUT2D eigenvalue weighted by Gasteiger charge is -2.33. The molecule has 0 unspecified atom stereocenters. The number of piperidine rings is 1. The molecule has 8 nitrogen and oxygen atoms in total. The van der Waals surface area contributed by atoms with E-state index in [4.69, 9.17) is 4.74 Å². The summed E-state index contributed by atoms with van der Waals surface area (Å²) in [6.07, 6.45) is 8.91. The number of cyclic esters (lactones) is 1. The Morgan fingerprint density at radius 2 is 2.07 bits per heavy atom. The number of carbonyl (C=O) groups excluding carboxylic acids is 2. The lowest BCUT2D eigenvalue weighted by atomic mass is 9.97. The third-order valence-electron chi connectivity index (χ3n) is 5.16. The highest BCUT2D eigenvalue weighted by molar-refractivity contribution is 5.83. The fraction of sp³-hybridized carbons (Fsp3) is 0.474. The van der Waals surface area contributed by atoms with Crippen LogP contribution in [0, 0.1) is 0 Å². The first kappa shape index (κ1) is 17.5. The number of likely N-dealkylation sites (tertiary alicyclic amines) is 1. The molecule has 0 aliphatic carbocycles. The van der Waals surface area contributed by atoms with Crippen LogP contribution >= 0.6 is 0 Å². The van der Waals surface area contributed by atoms with Gasteiger partial charge in [0, 0.05) is 50.3 Å². The van der Waals surface area contributed by atoms with E-state index in [-0.39, 0.29) is 18.4 Å². The highest BCUT2D eigenvalue weighted by Gasteiger charge is 2.30. The van der Waals surface area contributed by atoms with Gasteiger partial charge >= 0.3 is 6.09 Å². The predicted molar refractivity (Wildman–Crippen MR) is 97.0 cm³/mol. The highest BCUT2D eigenvalue weighted by atomic mass is 16.6. The number of amides is 2. The van der Waals surface area contributed by atoms with E-state index in [0.29, 0.717) is 19.7 Å². The molecule has 2 aliphatic rings. The van der Waals surface area contributed by atoms with Gasteiger partial charge in [-0.3, -0.25) is 14.7 Å². The lowest BCUT2D eigenvalue weighted by Crippen LogP contribution is -2.45. The van der Waals surface area contributed by atoms with Gasteiger partial charge in [0.1, 0.15) is 19.0 Å². The summed E-state index contributed by atoms with van der Waals surface area (Å²) < 4.78 is 7.05. The van der Waals surface area contributed by atoms with Crippen molar-refractivity contribution in [1.29, 1.82) is 0 Å². The molecule has 0 radical (unpaired) electrons. The molecule has 4 rings (SSSR count). The minimum absolute atomic E-state index is 0.0224. The molecule has 2 aliphatic heterocycles. The maximum absolute atomic E-state index is 12.6. The van der Waals surface area contributed by atoms with Crippen LogP contribution in [0.5, 0.6) is 0 Å². The number of rotatable bonds is 5. The van der Waals surface area contributed by atoms with E-state index in [2.05, 4.69) is 14.5 Å². The van der Waals surface area contributed by atoms with Gasteiger partial charge in [0.25, 0.3) is 0 Å². The van der Waals surface area contributed by atoms with Crippen LogP contribution in [-0.4, -0.2) is 69.1 Å². The number of aromatic nitrogens is 3. The van der Waals surface area contributed by atoms with Crippen LogP contribution in [-0.2, 0) is 16.1 Å². The summed E-state index contributed by atoms with van der Waals surface area (Å²) in [5, 5.41) is 0. The molecule has 0 aromatic carbocycles. The van der Waals surface area contributed by atoms with Gasteiger partial charge in [-0.25, -0.2) is 9.78 Å². The third kappa shape index (κ3) is 3.94. The van der Waals surface area contributed by atoms with Crippen molar-refractivity contribution in [3.8, 4) is 0 Å². The first-order valence-electron chi connectivity index (χ1n) is 9.30. The Balaban J connectivity index is 1.42. The van der Waals surface area contributed by atoms with Gasteiger partial charge in [-0.1, -0.05) is 0 Å². The van der Waals surface area contributed by atoms with Crippen molar-refractivity contribution in [3.63, 3.8) is 0 Å². The van der Waals surface area contributed by atoms with Crippen LogP contribution in [0.15, 0.2) is 36.9 Å². The minimum Gasteiger partial charge on any atom is -0.448 e. The number of nitrogens with zero attached hydrogens (tertiary/aromatic N) is 5. The summed E-state index contributed by atoms with van der Waals surface area (Å²) in [5.41, 5.74) is 1.17. The molecule has 2 aromatic rings. The van der Waals surface area contributed by atoms with E-state index in [9.17, 15) is 9.59 Å². The molecule has 2 aromatic heterocycles.